The summed E-state index contributed by atoms with van der Waals surface area (Å²) in [4.78, 5) is 69.2. The third kappa shape index (κ3) is 20.3. The molecule has 0 aliphatic carbocycles. The van der Waals surface area contributed by atoms with Crippen LogP contribution in [0.2, 0.25) is 0 Å². The van der Waals surface area contributed by atoms with Crippen molar-refractivity contribution in [3.05, 3.63) is 24.3 Å². The van der Waals surface area contributed by atoms with Crippen molar-refractivity contribution >= 4 is 73.1 Å². The van der Waals surface area contributed by atoms with Crippen LogP contribution in [0.15, 0.2) is 24.3 Å². The molecule has 0 atom stereocenters. The molecule has 12 nitrogen and oxygen atoms in total. The second kappa shape index (κ2) is 27.2. The normalized spacial score (nSPS) is 13.0. The number of imide groups is 2. The van der Waals surface area contributed by atoms with Crippen molar-refractivity contribution in [3.8, 4) is 0 Å². The summed E-state index contributed by atoms with van der Waals surface area (Å²) in [7, 11) is 5.32. The van der Waals surface area contributed by atoms with Crippen molar-refractivity contribution in [3.63, 3.8) is 0 Å². The van der Waals surface area contributed by atoms with E-state index in [0.717, 1.165) is 23.9 Å². The molecule has 39 heavy (non-hydrogen) atoms. The fourth-order valence-corrected chi connectivity index (χ4v) is 2.56. The van der Waals surface area contributed by atoms with Gasteiger partial charge in [0.05, 0.1) is 0 Å². The van der Waals surface area contributed by atoms with Gasteiger partial charge in [-0.15, -0.1) is 0 Å². The summed E-state index contributed by atoms with van der Waals surface area (Å²) in [5.74, 6) is -1.74. The number of nitrogens with one attached hydrogen (secondary N) is 4. The molecule has 2 aliphatic rings. The Hall–Kier alpha value is -2.34. The highest BCUT2D eigenvalue weighted by Gasteiger charge is 2.24. The first kappa shape index (κ1) is 43.7. The average Bonchev–Trinajstić information content (AvgIpc) is 3.36. The maximum absolute atomic E-state index is 11.3. The van der Waals surface area contributed by atoms with Crippen LogP contribution in [0.4, 0.5) is 0 Å². The Kier molecular flexibility index (Phi) is 30.5. The summed E-state index contributed by atoms with van der Waals surface area (Å²) in [5, 5.41) is 11.1. The van der Waals surface area contributed by atoms with Gasteiger partial charge in [0.1, 0.15) is 0 Å². The highest BCUT2D eigenvalue weighted by molar-refractivity contribution is 8.40. The maximum Gasteiger partial charge on any atom is 0.253 e. The molecule has 0 aromatic rings. The van der Waals surface area contributed by atoms with Gasteiger partial charge in [-0.25, -0.2) is 0 Å². The topological polar surface area (TPSA) is 157 Å². The van der Waals surface area contributed by atoms with Crippen molar-refractivity contribution in [2.24, 2.45) is 0 Å². The zero-order chi connectivity index (χ0) is 27.3. The number of hydrogen-bond donors (Lipinski definition) is 4. The van der Waals surface area contributed by atoms with Crippen LogP contribution < -0.4 is 21.3 Å². The van der Waals surface area contributed by atoms with E-state index in [9.17, 15) is 28.8 Å². The number of hydrogen-bond acceptors (Lipinski definition) is 10. The number of rotatable bonds is 13. The van der Waals surface area contributed by atoms with Crippen LogP contribution in [-0.2, 0) is 52.4 Å². The van der Waals surface area contributed by atoms with E-state index >= 15 is 0 Å². The van der Waals surface area contributed by atoms with Gasteiger partial charge in [0.15, 0.2) is 0 Å². The Balaban J connectivity index is -0.000000258. The number of likely N-dealkylation sites (N-methyl/N-ethyl adjacent to an activating group) is 2. The van der Waals surface area contributed by atoms with E-state index in [1.54, 1.807) is 14.1 Å². The lowest BCUT2D eigenvalue weighted by molar-refractivity contribution is -0.139. The first-order chi connectivity index (χ1) is 17.2. The highest BCUT2D eigenvalue weighted by atomic mass is 32.7. The number of amides is 6. The van der Waals surface area contributed by atoms with Gasteiger partial charge in [0.25, 0.3) is 23.6 Å². The molecule has 0 aromatic carbocycles. The number of nitrogens with zero attached hydrogens (tertiary/aromatic N) is 2. The SMILES string of the molecule is C.C.C.CNCCNC(=O)CCN1C(=O)C=CC1=O.CNCCNC(=O)CCN1C(=O)C=CC1=O.S=PP=S. The van der Waals surface area contributed by atoms with E-state index in [4.69, 9.17) is 0 Å². The molecule has 0 saturated heterocycles. The fraction of sp³-hybridized carbons (Fsp3) is 0.565. The van der Waals surface area contributed by atoms with Gasteiger partial charge in [-0.3, -0.25) is 38.6 Å². The molecule has 4 N–H and O–H groups in total. The monoisotopic (exact) mass is 624 g/mol. The van der Waals surface area contributed by atoms with E-state index in [0.29, 0.717) is 26.2 Å². The molecular weight excluding hydrogens is 582 g/mol. The molecule has 0 bridgehead atoms. The van der Waals surface area contributed by atoms with Crippen LogP contribution in [-0.4, -0.2) is 98.6 Å². The van der Waals surface area contributed by atoms with Crippen LogP contribution in [0.5, 0.6) is 0 Å². The summed E-state index contributed by atoms with van der Waals surface area (Å²) in [6.07, 6.45) is 5.12. The summed E-state index contributed by atoms with van der Waals surface area (Å²) in [5.41, 5.74) is 0. The van der Waals surface area contributed by atoms with E-state index < -0.39 is 0 Å². The molecule has 0 radical (unpaired) electrons. The average molecular weight is 625 g/mol. The summed E-state index contributed by atoms with van der Waals surface area (Å²) < 4.78 is 0. The van der Waals surface area contributed by atoms with Gasteiger partial charge < -0.3 is 21.3 Å². The zero-order valence-corrected chi connectivity index (χ0v) is 23.4. The molecule has 2 heterocycles. The smallest absolute Gasteiger partial charge is 0.253 e. The van der Waals surface area contributed by atoms with Gasteiger partial charge in [-0.05, 0) is 37.7 Å². The molecule has 2 rings (SSSR count). The largest absolute Gasteiger partial charge is 0.355 e. The van der Waals surface area contributed by atoms with Crippen LogP contribution >= 0.6 is 14.1 Å². The Morgan fingerprint density at radius 2 is 0.923 bits per heavy atom. The van der Waals surface area contributed by atoms with Crippen LogP contribution in [0.3, 0.4) is 0 Å². The third-order valence-electron chi connectivity index (χ3n) is 4.35. The lowest BCUT2D eigenvalue weighted by atomic mass is 10.3. The standard InChI is InChI=1S/2C10H15N3O3.3CH4.P2S2/c2*1-11-5-6-12-8(14)4-7-13-9(15)2-3-10(13)16;;;;3-1-2-4/h2*2-3,11H,4-7H2,1H3,(H,12,14);3*1H4;. The highest BCUT2D eigenvalue weighted by Crippen LogP contribution is 2.10. The predicted octanol–water partition coefficient (Wildman–Crippen LogP) is 0.900. The Bertz CT molecular complexity index is 783. The van der Waals surface area contributed by atoms with Crippen molar-refractivity contribution < 1.29 is 28.8 Å². The van der Waals surface area contributed by atoms with Crippen molar-refractivity contribution in [2.45, 2.75) is 35.1 Å². The molecule has 0 aromatic heterocycles. The van der Waals surface area contributed by atoms with E-state index in [-0.39, 0.29) is 83.7 Å². The third-order valence-corrected chi connectivity index (χ3v) is 7.02. The maximum atomic E-state index is 11.3. The molecule has 6 amide bonds. The quantitative estimate of drug-likeness (QED) is 0.132. The molecule has 0 spiro atoms. The van der Waals surface area contributed by atoms with E-state index in [1.807, 2.05) is 0 Å². The van der Waals surface area contributed by atoms with Crippen LogP contribution in [0.25, 0.3) is 0 Å². The molecule has 0 saturated carbocycles. The van der Waals surface area contributed by atoms with E-state index in [1.165, 1.54) is 24.3 Å². The molecule has 2 aliphatic heterocycles. The minimum atomic E-state index is -0.354. The summed E-state index contributed by atoms with van der Waals surface area (Å²) >= 11 is 8.82. The molecule has 0 fully saturated rings. The van der Waals surface area contributed by atoms with Crippen molar-refractivity contribution in [2.75, 3.05) is 53.4 Å². The Morgan fingerprint density at radius 1 is 0.641 bits per heavy atom. The predicted molar refractivity (Wildman–Crippen MR) is 164 cm³/mol. The van der Waals surface area contributed by atoms with Gasteiger partial charge in [0.2, 0.25) is 11.8 Å². The van der Waals surface area contributed by atoms with Gasteiger partial charge >= 0.3 is 0 Å². The van der Waals surface area contributed by atoms with Crippen LogP contribution in [0, 0.1) is 0 Å². The molecule has 16 heteroatoms. The second-order valence-corrected chi connectivity index (χ2v) is 11.1. The molecule has 222 valence electrons. The fourth-order valence-electron chi connectivity index (χ4n) is 2.56. The first-order valence-corrected chi connectivity index (χ1v) is 15.3. The van der Waals surface area contributed by atoms with Gasteiger partial charge in [-0.2, -0.15) is 0 Å². The van der Waals surface area contributed by atoms with Crippen molar-refractivity contribution in [1.82, 2.24) is 31.1 Å². The first-order valence-electron chi connectivity index (χ1n) is 10.8. The van der Waals surface area contributed by atoms with E-state index in [2.05, 4.69) is 44.9 Å². The van der Waals surface area contributed by atoms with Crippen LogP contribution in [0.1, 0.15) is 35.1 Å². The van der Waals surface area contributed by atoms with Gasteiger partial charge in [-0.1, -0.05) is 22.3 Å². The Morgan fingerprint density at radius 3 is 1.15 bits per heavy atom. The minimum Gasteiger partial charge on any atom is -0.355 e. The lowest BCUT2D eigenvalue weighted by Gasteiger charge is -2.13. The molecule has 0 unspecified atom stereocenters. The number of carbonyl (C=O) groups excluding carboxylic acids is 6. The molecular formula is C23H42N6O6P2S2. The summed E-state index contributed by atoms with van der Waals surface area (Å²) in [6, 6.07) is 0. The lowest BCUT2D eigenvalue weighted by Crippen LogP contribution is -2.36. The van der Waals surface area contributed by atoms with Crippen molar-refractivity contribution in [1.29, 1.82) is 0 Å². The Labute approximate surface area is 245 Å². The summed E-state index contributed by atoms with van der Waals surface area (Å²) in [6.45, 7) is 2.72. The van der Waals surface area contributed by atoms with Gasteiger partial charge in [0, 0.05) is 90.5 Å². The zero-order valence-electron chi connectivity index (χ0n) is 20.0. The number of carbonyl (C=O) groups is 6. The second-order valence-electron chi connectivity index (χ2n) is 6.89. The minimum absolute atomic E-state index is 0.